The lowest BCUT2D eigenvalue weighted by atomic mass is 9.89. The van der Waals surface area contributed by atoms with Crippen LogP contribution in [0.25, 0.3) is 10.8 Å². The zero-order valence-corrected chi connectivity index (χ0v) is 21.3. The van der Waals surface area contributed by atoms with Gasteiger partial charge in [0.25, 0.3) is 0 Å². The van der Waals surface area contributed by atoms with E-state index in [0.717, 1.165) is 32.1 Å². The van der Waals surface area contributed by atoms with Gasteiger partial charge in [-0.05, 0) is 51.7 Å². The summed E-state index contributed by atoms with van der Waals surface area (Å²) in [7, 11) is -4.02. The van der Waals surface area contributed by atoms with Crippen LogP contribution in [0.3, 0.4) is 0 Å². The highest BCUT2D eigenvalue weighted by Gasteiger charge is 2.32. The first-order chi connectivity index (χ1) is 16.0. The van der Waals surface area contributed by atoms with Gasteiger partial charge in [0.2, 0.25) is 10.0 Å². The third-order valence-electron chi connectivity index (χ3n) is 5.60. The van der Waals surface area contributed by atoms with Gasteiger partial charge in [-0.2, -0.15) is 4.31 Å². The van der Waals surface area contributed by atoms with Gasteiger partial charge in [-0.15, -0.1) is 0 Å². The number of benzene rings is 1. The highest BCUT2D eigenvalue weighted by atomic mass is 35.5. The number of nitrogens with two attached hydrogens (primary N) is 1. The van der Waals surface area contributed by atoms with Crippen LogP contribution in [-0.2, 0) is 19.6 Å². The second-order valence-electron chi connectivity index (χ2n) is 9.45. The number of rotatable bonds is 8. The van der Waals surface area contributed by atoms with Crippen molar-refractivity contribution in [3.63, 3.8) is 0 Å². The number of halogens is 1. The van der Waals surface area contributed by atoms with E-state index in [0.29, 0.717) is 15.8 Å². The first-order valence-electron chi connectivity index (χ1n) is 11.3. The summed E-state index contributed by atoms with van der Waals surface area (Å²) in [4.78, 5) is 21.0. The predicted molar refractivity (Wildman–Crippen MR) is 133 cm³/mol. The molecule has 1 aliphatic rings. The van der Waals surface area contributed by atoms with Crippen molar-refractivity contribution in [1.82, 2.24) is 14.7 Å². The van der Waals surface area contributed by atoms with Gasteiger partial charge in [-0.1, -0.05) is 36.9 Å². The van der Waals surface area contributed by atoms with Crippen molar-refractivity contribution in [2.75, 3.05) is 13.1 Å². The van der Waals surface area contributed by atoms with E-state index in [9.17, 15) is 13.2 Å². The summed E-state index contributed by atoms with van der Waals surface area (Å²) < 4.78 is 34.2. The number of ether oxygens (including phenoxy) is 1. The van der Waals surface area contributed by atoms with Crippen LogP contribution in [0, 0.1) is 5.92 Å². The van der Waals surface area contributed by atoms with E-state index in [1.165, 1.54) is 29.0 Å². The Balaban J connectivity index is 2.01. The van der Waals surface area contributed by atoms with Gasteiger partial charge in [-0.25, -0.2) is 24.2 Å². The maximum absolute atomic E-state index is 13.8. The molecule has 0 unspecified atom stereocenters. The lowest BCUT2D eigenvalue weighted by Crippen LogP contribution is -2.41. The highest BCUT2D eigenvalue weighted by Crippen LogP contribution is 2.33. The van der Waals surface area contributed by atoms with Crippen LogP contribution in [-0.4, -0.2) is 48.7 Å². The summed E-state index contributed by atoms with van der Waals surface area (Å²) in [5.74, 6) is 5.14. The molecule has 1 aromatic carbocycles. The van der Waals surface area contributed by atoms with E-state index in [-0.39, 0.29) is 29.7 Å². The topological polar surface area (TPSA) is 127 Å². The summed E-state index contributed by atoms with van der Waals surface area (Å²) in [6.45, 7) is 5.16. The lowest BCUT2D eigenvalue weighted by molar-refractivity contribution is -0.155. The Labute approximate surface area is 205 Å². The molecule has 1 saturated carbocycles. The number of nitrogens with one attached hydrogen (secondary N) is 1. The van der Waals surface area contributed by atoms with Gasteiger partial charge in [0.05, 0.1) is 9.92 Å². The average Bonchev–Trinajstić information content (AvgIpc) is 2.77. The smallest absolute Gasteiger partial charge is 0.321 e. The number of nitrogens with zero attached hydrogens (tertiary/aromatic N) is 3. The Hall–Kier alpha value is -2.27. The van der Waals surface area contributed by atoms with Crippen LogP contribution in [0.2, 0.25) is 5.02 Å². The number of sulfonamides is 1. The third-order valence-corrected chi connectivity index (χ3v) is 7.71. The van der Waals surface area contributed by atoms with E-state index in [1.807, 2.05) is 0 Å². The van der Waals surface area contributed by atoms with Gasteiger partial charge in [0.1, 0.15) is 18.5 Å². The maximum atomic E-state index is 13.8. The lowest BCUT2D eigenvalue weighted by Gasteiger charge is -2.29. The van der Waals surface area contributed by atoms with Crippen LogP contribution < -0.4 is 11.3 Å². The minimum absolute atomic E-state index is 0.0283. The van der Waals surface area contributed by atoms with Crippen molar-refractivity contribution in [1.29, 1.82) is 0 Å². The van der Waals surface area contributed by atoms with E-state index >= 15 is 0 Å². The molecule has 0 atom stereocenters. The first-order valence-corrected chi connectivity index (χ1v) is 13.1. The minimum atomic E-state index is -4.02. The van der Waals surface area contributed by atoms with Crippen LogP contribution >= 0.6 is 11.6 Å². The van der Waals surface area contributed by atoms with Gasteiger partial charge in [-0.3, -0.25) is 4.79 Å². The molecule has 1 heterocycles. The first kappa shape index (κ1) is 26.3. The Morgan fingerprint density at radius 1 is 1.29 bits per heavy atom. The Morgan fingerprint density at radius 2 is 2.00 bits per heavy atom. The minimum Gasteiger partial charge on any atom is -0.459 e. The Kier molecular flexibility index (Phi) is 8.51. The van der Waals surface area contributed by atoms with Crippen molar-refractivity contribution >= 4 is 50.5 Å². The molecular formula is C23H32ClN5O4S. The van der Waals surface area contributed by atoms with Crippen LogP contribution in [0.1, 0.15) is 52.9 Å². The number of carbonyl (C=O) groups is 1. The highest BCUT2D eigenvalue weighted by molar-refractivity contribution is 7.89. The predicted octanol–water partition coefficient (Wildman–Crippen LogP) is 3.92. The largest absolute Gasteiger partial charge is 0.459 e. The summed E-state index contributed by atoms with van der Waals surface area (Å²) in [6, 6.07) is 4.59. The molecule has 11 heteroatoms. The molecule has 2 aromatic rings. The number of fused-ring (bicyclic) bond motifs is 1. The second kappa shape index (κ2) is 11.0. The third kappa shape index (κ3) is 6.65. The molecule has 186 valence electrons. The number of aliphatic imine (C=N–C) groups is 1. The van der Waals surface area contributed by atoms with Crippen molar-refractivity contribution in [2.24, 2.45) is 16.8 Å². The number of hydrogen-bond acceptors (Lipinski definition) is 7. The van der Waals surface area contributed by atoms with E-state index in [4.69, 9.17) is 22.2 Å². The van der Waals surface area contributed by atoms with Crippen LogP contribution in [0.4, 0.5) is 5.82 Å². The molecule has 3 N–H and O–H groups in total. The molecular weight excluding hydrogens is 478 g/mol. The number of esters is 1. The molecule has 0 aliphatic heterocycles. The molecule has 1 aliphatic carbocycles. The second-order valence-corrected chi connectivity index (χ2v) is 11.8. The fourth-order valence-corrected chi connectivity index (χ4v) is 5.81. The zero-order valence-electron chi connectivity index (χ0n) is 19.8. The number of aromatic nitrogens is 1. The number of hydrogen-bond donors (Lipinski definition) is 2. The zero-order chi connectivity index (χ0) is 24.9. The summed E-state index contributed by atoms with van der Waals surface area (Å²) in [5.41, 5.74) is 1.59. The molecule has 0 amide bonds. The molecule has 3 rings (SSSR count). The van der Waals surface area contributed by atoms with Gasteiger partial charge in [0.15, 0.2) is 5.82 Å². The SMILES string of the molecule is CC(C)(C)OC(=O)CN(CC1CCCCC1)S(=O)(=O)c1ccc2c(Cl)cnc(N=CNN)c2c1. The molecule has 0 bridgehead atoms. The number of carbonyl (C=O) groups excluding carboxylic acids is 1. The standard InChI is InChI=1S/C23H32ClN5O4S/c1-23(2,3)33-21(30)14-29(13-16-7-5-4-6-8-16)34(31,32)17-9-10-18-19(11-17)22(27-15-28-25)26-12-20(18)24/h9-12,15-16H,4-8,13-14,25H2,1-3H3,(H,26,27,28). The molecule has 9 nitrogen and oxygen atoms in total. The summed E-state index contributed by atoms with van der Waals surface area (Å²) in [6.07, 6.45) is 7.82. The molecule has 0 radical (unpaired) electrons. The molecule has 34 heavy (non-hydrogen) atoms. The van der Waals surface area contributed by atoms with Gasteiger partial charge >= 0.3 is 5.97 Å². The Morgan fingerprint density at radius 3 is 2.65 bits per heavy atom. The van der Waals surface area contributed by atoms with Crippen LogP contribution in [0.15, 0.2) is 34.3 Å². The van der Waals surface area contributed by atoms with Crippen molar-refractivity contribution in [2.45, 2.75) is 63.4 Å². The molecule has 1 fully saturated rings. The molecule has 1 aromatic heterocycles. The van der Waals surface area contributed by atoms with Crippen molar-refractivity contribution in [3.8, 4) is 0 Å². The fraction of sp³-hybridized carbons (Fsp3) is 0.522. The summed E-state index contributed by atoms with van der Waals surface area (Å²) >= 11 is 6.28. The maximum Gasteiger partial charge on any atom is 0.321 e. The number of pyridine rings is 1. The monoisotopic (exact) mass is 509 g/mol. The summed E-state index contributed by atoms with van der Waals surface area (Å²) in [5, 5.41) is 1.42. The Bertz CT molecular complexity index is 1160. The van der Waals surface area contributed by atoms with Gasteiger partial charge < -0.3 is 10.2 Å². The molecule has 0 saturated heterocycles. The average molecular weight is 510 g/mol. The number of hydrazine groups is 1. The van der Waals surface area contributed by atoms with Crippen molar-refractivity contribution < 1.29 is 17.9 Å². The fourth-order valence-electron chi connectivity index (χ4n) is 4.11. The molecule has 0 spiro atoms. The van der Waals surface area contributed by atoms with Gasteiger partial charge in [0, 0.05) is 23.5 Å². The van der Waals surface area contributed by atoms with Crippen LogP contribution in [0.5, 0.6) is 0 Å². The van der Waals surface area contributed by atoms with E-state index < -0.39 is 21.6 Å². The van der Waals surface area contributed by atoms with E-state index in [2.05, 4.69) is 15.4 Å². The normalized spacial score (nSPS) is 15.8. The quantitative estimate of drug-likeness (QED) is 0.181. The van der Waals surface area contributed by atoms with E-state index in [1.54, 1.807) is 26.8 Å². The van der Waals surface area contributed by atoms with Crippen molar-refractivity contribution in [3.05, 3.63) is 29.4 Å².